The second-order valence-electron chi connectivity index (χ2n) is 8.28. The minimum atomic E-state index is -5.14. The molecule has 0 saturated carbocycles. The molecule has 13 heteroatoms. The molecule has 0 bridgehead atoms. The summed E-state index contributed by atoms with van der Waals surface area (Å²) in [7, 11) is 0. The number of alkyl halides is 6. The van der Waals surface area contributed by atoms with Gasteiger partial charge in [-0.25, -0.2) is 4.39 Å². The van der Waals surface area contributed by atoms with E-state index in [-0.39, 0.29) is 27.2 Å². The van der Waals surface area contributed by atoms with Crippen molar-refractivity contribution in [1.29, 1.82) is 0 Å². The molecule has 1 amide bonds. The second-order valence-corrected chi connectivity index (χ2v) is 9.47. The van der Waals surface area contributed by atoms with Crippen molar-refractivity contribution in [2.24, 2.45) is 0 Å². The van der Waals surface area contributed by atoms with Gasteiger partial charge in [0.1, 0.15) is 11.7 Å². The minimum Gasteiger partial charge on any atom is -0.267 e. The molecule has 3 nitrogen and oxygen atoms in total. The van der Waals surface area contributed by atoms with Crippen LogP contribution in [0.5, 0.6) is 0 Å². The Labute approximate surface area is 231 Å². The van der Waals surface area contributed by atoms with Crippen molar-refractivity contribution < 1.29 is 35.5 Å². The molecule has 0 aliphatic rings. The van der Waals surface area contributed by atoms with E-state index in [0.29, 0.717) is 17.0 Å². The van der Waals surface area contributed by atoms with Gasteiger partial charge in [-0.3, -0.25) is 14.9 Å². The standard InChI is InChI=1S/C26H14Cl3F7N2O/c27-19-10-15(11-20(28)23(19)29)17(25(31,32)33)12-21(30)14-5-6-16(18(9-14)26(34,35)36)24(39)37-38-8-7-13-3-1-2-4-22(13)38/h1-12,17H,(H,37,39)/b21-12-. The van der Waals surface area contributed by atoms with Gasteiger partial charge in [0.2, 0.25) is 0 Å². The number of nitrogens with one attached hydrogen (secondary N) is 1. The summed E-state index contributed by atoms with van der Waals surface area (Å²) in [6.45, 7) is 0. The lowest BCUT2D eigenvalue weighted by Crippen LogP contribution is -2.25. The van der Waals surface area contributed by atoms with Gasteiger partial charge in [0, 0.05) is 17.1 Å². The molecule has 1 aromatic heterocycles. The average molecular weight is 610 g/mol. The lowest BCUT2D eigenvalue weighted by molar-refractivity contribution is -0.140. The Kier molecular flexibility index (Phi) is 7.93. The summed E-state index contributed by atoms with van der Waals surface area (Å²) < 4.78 is 99.3. The second kappa shape index (κ2) is 10.7. The van der Waals surface area contributed by atoms with Gasteiger partial charge in [0.05, 0.1) is 31.7 Å². The van der Waals surface area contributed by atoms with Crippen molar-refractivity contribution in [3.8, 4) is 0 Å². The first-order valence-corrected chi connectivity index (χ1v) is 12.0. The molecule has 39 heavy (non-hydrogen) atoms. The first-order valence-electron chi connectivity index (χ1n) is 10.8. The molecule has 0 fully saturated rings. The van der Waals surface area contributed by atoms with Crippen molar-refractivity contribution in [2.75, 3.05) is 5.43 Å². The van der Waals surface area contributed by atoms with E-state index in [9.17, 15) is 31.1 Å². The number of rotatable bonds is 5. The van der Waals surface area contributed by atoms with Crippen molar-refractivity contribution in [1.82, 2.24) is 4.68 Å². The number of amides is 1. The Bertz CT molecular complexity index is 1570. The first kappa shape index (κ1) is 28.8. The molecule has 1 unspecified atom stereocenters. The van der Waals surface area contributed by atoms with E-state index in [0.717, 1.165) is 18.2 Å². The number of benzene rings is 3. The molecule has 0 spiro atoms. The zero-order valence-corrected chi connectivity index (χ0v) is 21.4. The van der Waals surface area contributed by atoms with Gasteiger partial charge in [0.15, 0.2) is 0 Å². The lowest BCUT2D eigenvalue weighted by atomic mass is 9.95. The number of allylic oxidation sites excluding steroid dienone is 1. The summed E-state index contributed by atoms with van der Waals surface area (Å²) in [6.07, 6.45) is -8.68. The van der Waals surface area contributed by atoms with Crippen molar-refractivity contribution in [3.63, 3.8) is 0 Å². The Balaban J connectivity index is 1.73. The van der Waals surface area contributed by atoms with Crippen LogP contribution in [0, 0.1) is 0 Å². The first-order chi connectivity index (χ1) is 18.2. The van der Waals surface area contributed by atoms with Gasteiger partial charge in [-0.1, -0.05) is 59.1 Å². The number of para-hydroxylation sites is 1. The van der Waals surface area contributed by atoms with Gasteiger partial charge in [-0.2, -0.15) is 26.3 Å². The number of carbonyl (C=O) groups is 1. The maximum atomic E-state index is 15.1. The third-order valence-corrected chi connectivity index (χ3v) is 6.89. The van der Waals surface area contributed by atoms with Crippen LogP contribution < -0.4 is 5.43 Å². The summed E-state index contributed by atoms with van der Waals surface area (Å²) in [5.74, 6) is -5.41. The van der Waals surface area contributed by atoms with Gasteiger partial charge >= 0.3 is 12.4 Å². The predicted octanol–water partition coefficient (Wildman–Crippen LogP) is 9.66. The third kappa shape index (κ3) is 6.18. The maximum absolute atomic E-state index is 15.1. The number of carbonyl (C=O) groups excluding carboxylic acids is 1. The molecule has 1 heterocycles. The van der Waals surface area contributed by atoms with Gasteiger partial charge in [-0.15, -0.1) is 0 Å². The van der Waals surface area contributed by atoms with Gasteiger partial charge in [-0.05, 0) is 48.0 Å². The molecule has 1 N–H and O–H groups in total. The van der Waals surface area contributed by atoms with Crippen molar-refractivity contribution >= 4 is 57.4 Å². The smallest absolute Gasteiger partial charge is 0.267 e. The van der Waals surface area contributed by atoms with E-state index in [1.165, 1.54) is 10.9 Å². The number of halogens is 10. The number of hydrogen-bond donors (Lipinski definition) is 1. The van der Waals surface area contributed by atoms with Crippen LogP contribution in [0.25, 0.3) is 16.7 Å². The fraction of sp³-hybridized carbons (Fsp3) is 0.115. The molecule has 0 saturated heterocycles. The van der Waals surface area contributed by atoms with E-state index in [1.807, 2.05) is 0 Å². The summed E-state index contributed by atoms with van der Waals surface area (Å²) in [6, 6.07) is 11.8. The van der Waals surface area contributed by atoms with E-state index in [1.54, 1.807) is 30.3 Å². The van der Waals surface area contributed by atoms with E-state index >= 15 is 4.39 Å². The van der Waals surface area contributed by atoms with Crippen molar-refractivity contribution in [3.05, 3.63) is 110 Å². The maximum Gasteiger partial charge on any atom is 0.417 e. The highest BCUT2D eigenvalue weighted by atomic mass is 35.5. The molecular weight excluding hydrogens is 596 g/mol. The topological polar surface area (TPSA) is 34.0 Å². The summed E-state index contributed by atoms with van der Waals surface area (Å²) in [4.78, 5) is 12.8. The fourth-order valence-corrected chi connectivity index (χ4v) is 4.47. The quantitative estimate of drug-likeness (QED) is 0.177. The number of fused-ring (bicyclic) bond motifs is 1. The zero-order chi connectivity index (χ0) is 28.7. The highest BCUT2D eigenvalue weighted by Crippen LogP contribution is 2.43. The Hall–Kier alpha value is -3.21. The fourth-order valence-electron chi connectivity index (χ4n) is 3.85. The molecular formula is C26H14Cl3F7N2O. The van der Waals surface area contributed by atoms with E-state index in [2.05, 4.69) is 5.43 Å². The Morgan fingerprint density at radius 1 is 0.897 bits per heavy atom. The summed E-state index contributed by atoms with van der Waals surface area (Å²) in [5, 5.41) is -0.164. The molecule has 4 aromatic rings. The van der Waals surface area contributed by atoms with E-state index in [4.69, 9.17) is 34.8 Å². The van der Waals surface area contributed by atoms with Crippen LogP contribution in [-0.2, 0) is 6.18 Å². The SMILES string of the molecule is O=C(Nn1ccc2ccccc21)c1ccc(/C(F)=C/C(c2cc(Cl)c(Cl)c(Cl)c2)C(F)(F)F)cc1C(F)(F)F. The van der Waals surface area contributed by atoms with Crippen LogP contribution in [0.3, 0.4) is 0 Å². The van der Waals surface area contributed by atoms with Gasteiger partial charge < -0.3 is 0 Å². The third-order valence-electron chi connectivity index (χ3n) is 5.70. The van der Waals surface area contributed by atoms with Crippen LogP contribution >= 0.6 is 34.8 Å². The molecule has 3 aromatic carbocycles. The summed E-state index contributed by atoms with van der Waals surface area (Å²) in [5.41, 5.74) is -0.991. The highest BCUT2D eigenvalue weighted by molar-refractivity contribution is 6.48. The van der Waals surface area contributed by atoms with Crippen LogP contribution in [0.15, 0.2) is 72.9 Å². The van der Waals surface area contributed by atoms with E-state index < -0.39 is 52.3 Å². The Morgan fingerprint density at radius 2 is 1.54 bits per heavy atom. The molecule has 204 valence electrons. The molecule has 0 aliphatic heterocycles. The normalized spacial score (nSPS) is 13.5. The number of nitrogens with zero attached hydrogens (tertiary/aromatic N) is 1. The minimum absolute atomic E-state index is 0.0943. The largest absolute Gasteiger partial charge is 0.417 e. The van der Waals surface area contributed by atoms with Gasteiger partial charge in [0.25, 0.3) is 5.91 Å². The lowest BCUT2D eigenvalue weighted by Gasteiger charge is -2.19. The van der Waals surface area contributed by atoms with Crippen LogP contribution in [0.2, 0.25) is 15.1 Å². The molecule has 4 rings (SSSR count). The van der Waals surface area contributed by atoms with Crippen LogP contribution in [0.4, 0.5) is 30.7 Å². The van der Waals surface area contributed by atoms with Crippen molar-refractivity contribution in [2.45, 2.75) is 18.3 Å². The predicted molar refractivity (Wildman–Crippen MR) is 136 cm³/mol. The number of aromatic nitrogens is 1. The van der Waals surface area contributed by atoms with Crippen LogP contribution in [-0.4, -0.2) is 16.8 Å². The number of hydrogen-bond acceptors (Lipinski definition) is 1. The molecule has 0 aliphatic carbocycles. The Morgan fingerprint density at radius 3 is 2.15 bits per heavy atom. The zero-order valence-electron chi connectivity index (χ0n) is 19.1. The van der Waals surface area contributed by atoms with Crippen LogP contribution in [0.1, 0.15) is 33.0 Å². The summed E-state index contributed by atoms with van der Waals surface area (Å²) >= 11 is 17.4. The highest BCUT2D eigenvalue weighted by Gasteiger charge is 2.41. The monoisotopic (exact) mass is 608 g/mol. The molecule has 1 atom stereocenters. The average Bonchev–Trinajstić information content (AvgIpc) is 3.26. The molecule has 0 radical (unpaired) electrons.